The van der Waals surface area contributed by atoms with Crippen LogP contribution in [0.4, 0.5) is 0 Å². The van der Waals surface area contributed by atoms with Crippen molar-refractivity contribution in [2.24, 2.45) is 0 Å². The summed E-state index contributed by atoms with van der Waals surface area (Å²) in [5.74, 6) is 0. The molecular formula is C13H29N3O3S. The fourth-order valence-corrected chi connectivity index (χ4v) is 3.08. The van der Waals surface area contributed by atoms with Gasteiger partial charge in [0.05, 0.1) is 6.10 Å². The van der Waals surface area contributed by atoms with Crippen LogP contribution in [-0.2, 0) is 14.9 Å². The third kappa shape index (κ3) is 6.99. The molecule has 0 spiro atoms. The lowest BCUT2D eigenvalue weighted by molar-refractivity contribution is 0.0198. The summed E-state index contributed by atoms with van der Waals surface area (Å²) < 4.78 is 33.6. The first-order valence-corrected chi connectivity index (χ1v) is 8.91. The SMILES string of the molecule is CC(C)NCCCN(C)S(=O)(=O)NCC1CCCCO1. The van der Waals surface area contributed by atoms with E-state index in [-0.39, 0.29) is 6.10 Å². The van der Waals surface area contributed by atoms with Gasteiger partial charge in [-0.05, 0) is 32.2 Å². The van der Waals surface area contributed by atoms with Gasteiger partial charge >= 0.3 is 0 Å². The highest BCUT2D eigenvalue weighted by atomic mass is 32.2. The van der Waals surface area contributed by atoms with Crippen LogP contribution in [0.5, 0.6) is 0 Å². The Kier molecular flexibility index (Phi) is 7.98. The third-order valence-corrected chi connectivity index (χ3v) is 4.91. The molecule has 0 bridgehead atoms. The van der Waals surface area contributed by atoms with E-state index in [2.05, 4.69) is 23.9 Å². The topological polar surface area (TPSA) is 70.7 Å². The number of hydrogen-bond donors (Lipinski definition) is 2. The minimum absolute atomic E-state index is 0.0227. The van der Waals surface area contributed by atoms with E-state index in [4.69, 9.17) is 4.74 Å². The molecule has 2 N–H and O–H groups in total. The molecule has 1 aliphatic heterocycles. The van der Waals surface area contributed by atoms with E-state index in [0.29, 0.717) is 19.1 Å². The van der Waals surface area contributed by atoms with E-state index < -0.39 is 10.2 Å². The zero-order valence-electron chi connectivity index (χ0n) is 12.9. The van der Waals surface area contributed by atoms with Crippen LogP contribution in [-0.4, -0.2) is 58.2 Å². The van der Waals surface area contributed by atoms with Gasteiger partial charge in [-0.25, -0.2) is 0 Å². The second-order valence-corrected chi connectivity index (χ2v) is 7.49. The van der Waals surface area contributed by atoms with Gasteiger partial charge < -0.3 is 10.1 Å². The monoisotopic (exact) mass is 307 g/mol. The molecule has 0 amide bonds. The van der Waals surface area contributed by atoms with E-state index >= 15 is 0 Å². The molecule has 0 aromatic rings. The number of ether oxygens (including phenoxy) is 1. The fourth-order valence-electron chi connectivity index (χ4n) is 2.09. The number of rotatable bonds is 9. The van der Waals surface area contributed by atoms with Gasteiger partial charge in [0.25, 0.3) is 10.2 Å². The second kappa shape index (κ2) is 8.94. The van der Waals surface area contributed by atoms with Gasteiger partial charge in [-0.3, -0.25) is 0 Å². The van der Waals surface area contributed by atoms with Gasteiger partial charge in [0.15, 0.2) is 0 Å². The maximum atomic E-state index is 12.0. The molecule has 1 heterocycles. The van der Waals surface area contributed by atoms with Crippen molar-refractivity contribution in [3.05, 3.63) is 0 Å². The zero-order chi connectivity index (χ0) is 15.0. The maximum absolute atomic E-state index is 12.0. The molecule has 1 rings (SSSR count). The van der Waals surface area contributed by atoms with Crippen LogP contribution in [0.15, 0.2) is 0 Å². The third-order valence-electron chi connectivity index (χ3n) is 3.38. The Morgan fingerprint density at radius 3 is 2.70 bits per heavy atom. The van der Waals surface area contributed by atoms with Crippen molar-refractivity contribution in [1.29, 1.82) is 0 Å². The highest BCUT2D eigenvalue weighted by molar-refractivity contribution is 7.87. The zero-order valence-corrected chi connectivity index (χ0v) is 13.7. The van der Waals surface area contributed by atoms with Crippen LogP contribution in [0.3, 0.4) is 0 Å². The van der Waals surface area contributed by atoms with Crippen molar-refractivity contribution in [3.8, 4) is 0 Å². The molecule has 1 atom stereocenters. The van der Waals surface area contributed by atoms with Crippen LogP contribution in [0.2, 0.25) is 0 Å². The Labute approximate surface area is 123 Å². The highest BCUT2D eigenvalue weighted by Gasteiger charge is 2.20. The molecule has 1 saturated heterocycles. The summed E-state index contributed by atoms with van der Waals surface area (Å²) in [5, 5.41) is 3.27. The van der Waals surface area contributed by atoms with Crippen LogP contribution in [0.1, 0.15) is 39.5 Å². The Bertz CT molecular complexity index is 354. The summed E-state index contributed by atoms with van der Waals surface area (Å²) in [4.78, 5) is 0. The van der Waals surface area contributed by atoms with E-state index in [0.717, 1.165) is 38.8 Å². The van der Waals surface area contributed by atoms with Crippen LogP contribution in [0.25, 0.3) is 0 Å². The van der Waals surface area contributed by atoms with Crippen molar-refractivity contribution < 1.29 is 13.2 Å². The molecule has 6 nitrogen and oxygen atoms in total. The van der Waals surface area contributed by atoms with Gasteiger partial charge in [-0.15, -0.1) is 0 Å². The Morgan fingerprint density at radius 2 is 2.10 bits per heavy atom. The van der Waals surface area contributed by atoms with Crippen LogP contribution in [0, 0.1) is 0 Å². The number of nitrogens with zero attached hydrogens (tertiary/aromatic N) is 1. The van der Waals surface area contributed by atoms with Crippen molar-refractivity contribution in [2.75, 3.05) is 33.3 Å². The number of nitrogens with one attached hydrogen (secondary N) is 2. The quantitative estimate of drug-likeness (QED) is 0.616. The first kappa shape index (κ1) is 17.8. The molecule has 0 aromatic heterocycles. The van der Waals surface area contributed by atoms with Crippen molar-refractivity contribution >= 4 is 10.2 Å². The average molecular weight is 307 g/mol. The van der Waals surface area contributed by atoms with E-state index in [1.54, 1.807) is 7.05 Å². The summed E-state index contributed by atoms with van der Waals surface area (Å²) in [6.45, 7) is 6.60. The minimum Gasteiger partial charge on any atom is -0.377 e. The molecule has 1 aliphatic rings. The molecule has 0 saturated carbocycles. The smallest absolute Gasteiger partial charge is 0.279 e. The summed E-state index contributed by atoms with van der Waals surface area (Å²) >= 11 is 0. The predicted octanol–water partition coefficient (Wildman–Crippen LogP) is 0.710. The molecular weight excluding hydrogens is 278 g/mol. The normalized spacial score (nSPS) is 20.8. The lowest BCUT2D eigenvalue weighted by Gasteiger charge is -2.24. The Balaban J connectivity index is 2.23. The molecule has 1 fully saturated rings. The van der Waals surface area contributed by atoms with Crippen molar-refractivity contribution in [2.45, 2.75) is 51.7 Å². The van der Waals surface area contributed by atoms with Gasteiger partial charge in [-0.1, -0.05) is 13.8 Å². The maximum Gasteiger partial charge on any atom is 0.279 e. The Hall–Kier alpha value is -0.210. The van der Waals surface area contributed by atoms with Gasteiger partial charge in [0, 0.05) is 32.8 Å². The lowest BCUT2D eigenvalue weighted by Crippen LogP contribution is -2.43. The first-order chi connectivity index (χ1) is 9.42. The number of hydrogen-bond acceptors (Lipinski definition) is 4. The Morgan fingerprint density at radius 1 is 1.35 bits per heavy atom. The van der Waals surface area contributed by atoms with Gasteiger partial charge in [0.1, 0.15) is 0 Å². The molecule has 7 heteroatoms. The summed E-state index contributed by atoms with van der Waals surface area (Å²) in [7, 11) is -1.77. The van der Waals surface area contributed by atoms with Crippen LogP contribution < -0.4 is 10.0 Å². The van der Waals surface area contributed by atoms with Crippen molar-refractivity contribution in [1.82, 2.24) is 14.3 Å². The molecule has 0 aromatic carbocycles. The second-order valence-electron chi connectivity index (χ2n) is 5.63. The molecule has 0 radical (unpaired) electrons. The van der Waals surface area contributed by atoms with Gasteiger partial charge in [0.2, 0.25) is 0 Å². The standard InChI is InChI=1S/C13H29N3O3S/c1-12(2)14-8-6-9-16(3)20(17,18)15-11-13-7-4-5-10-19-13/h12-15H,4-11H2,1-3H3. The molecule has 20 heavy (non-hydrogen) atoms. The van der Waals surface area contributed by atoms with E-state index in [1.165, 1.54) is 4.31 Å². The van der Waals surface area contributed by atoms with E-state index in [1.807, 2.05) is 0 Å². The summed E-state index contributed by atoms with van der Waals surface area (Å²) in [5.41, 5.74) is 0. The van der Waals surface area contributed by atoms with Crippen molar-refractivity contribution in [3.63, 3.8) is 0 Å². The predicted molar refractivity (Wildman–Crippen MR) is 80.9 cm³/mol. The first-order valence-electron chi connectivity index (χ1n) is 7.47. The minimum atomic E-state index is -3.38. The largest absolute Gasteiger partial charge is 0.377 e. The fraction of sp³-hybridized carbons (Fsp3) is 1.00. The summed E-state index contributed by atoms with van der Waals surface area (Å²) in [6.07, 6.45) is 3.95. The molecule has 120 valence electrons. The van der Waals surface area contributed by atoms with Crippen LogP contribution >= 0.6 is 0 Å². The highest BCUT2D eigenvalue weighted by Crippen LogP contribution is 2.12. The van der Waals surface area contributed by atoms with E-state index in [9.17, 15) is 8.42 Å². The van der Waals surface area contributed by atoms with Gasteiger partial charge in [-0.2, -0.15) is 17.4 Å². The summed E-state index contributed by atoms with van der Waals surface area (Å²) in [6, 6.07) is 0.429. The molecule has 1 unspecified atom stereocenters. The average Bonchev–Trinajstić information content (AvgIpc) is 2.42. The lowest BCUT2D eigenvalue weighted by atomic mass is 10.1. The molecule has 0 aliphatic carbocycles.